The maximum atomic E-state index is 12.0. The first-order valence-corrected chi connectivity index (χ1v) is 9.94. The van der Waals surface area contributed by atoms with Crippen LogP contribution >= 0.6 is 0 Å². The Morgan fingerprint density at radius 3 is 2.36 bits per heavy atom. The molecular weight excluding hydrogens is 338 g/mol. The van der Waals surface area contributed by atoms with Crippen molar-refractivity contribution in [3.05, 3.63) is 59.7 Å². The number of sulfone groups is 1. The monoisotopic (exact) mass is 361 g/mol. The minimum atomic E-state index is -3.21. The number of para-hydroxylation sites is 1. The molecule has 0 spiro atoms. The molecule has 2 rings (SSSR count). The molecule has 134 valence electrons. The lowest BCUT2D eigenvalue weighted by atomic mass is 10.1. The summed E-state index contributed by atoms with van der Waals surface area (Å²) in [7, 11) is -3.21. The van der Waals surface area contributed by atoms with Crippen molar-refractivity contribution in [2.24, 2.45) is 0 Å². The first-order chi connectivity index (χ1) is 11.8. The van der Waals surface area contributed by atoms with Crippen molar-refractivity contribution in [3.8, 4) is 5.75 Å². The van der Waals surface area contributed by atoms with E-state index in [2.05, 4.69) is 5.32 Å². The Bertz CT molecular complexity index is 829. The molecule has 1 amide bonds. The van der Waals surface area contributed by atoms with Gasteiger partial charge in [-0.25, -0.2) is 8.42 Å². The summed E-state index contributed by atoms with van der Waals surface area (Å²) in [6.45, 7) is 4.11. The quantitative estimate of drug-likeness (QED) is 0.823. The van der Waals surface area contributed by atoms with E-state index in [9.17, 15) is 13.2 Å². The van der Waals surface area contributed by atoms with Crippen LogP contribution in [0.25, 0.3) is 0 Å². The fraction of sp³-hybridized carbons (Fsp3) is 0.316. The van der Waals surface area contributed by atoms with Crippen LogP contribution in [0.5, 0.6) is 5.75 Å². The highest BCUT2D eigenvalue weighted by Crippen LogP contribution is 2.17. The summed E-state index contributed by atoms with van der Waals surface area (Å²) < 4.78 is 28.6. The van der Waals surface area contributed by atoms with Crippen molar-refractivity contribution in [1.82, 2.24) is 5.32 Å². The van der Waals surface area contributed by atoms with Crippen LogP contribution in [0.3, 0.4) is 0 Å². The van der Waals surface area contributed by atoms with E-state index in [1.807, 2.05) is 38.1 Å². The highest BCUT2D eigenvalue weighted by molar-refractivity contribution is 7.90. The number of benzene rings is 2. The Morgan fingerprint density at radius 2 is 1.76 bits per heavy atom. The first-order valence-electron chi connectivity index (χ1n) is 8.05. The van der Waals surface area contributed by atoms with Crippen molar-refractivity contribution in [1.29, 1.82) is 0 Å². The molecule has 1 atom stereocenters. The van der Waals surface area contributed by atoms with Crippen LogP contribution in [-0.4, -0.2) is 27.2 Å². The molecule has 0 aliphatic carbocycles. The largest absolute Gasteiger partial charge is 0.493 e. The molecule has 0 aliphatic rings. The molecule has 0 radical (unpaired) electrons. The smallest absolute Gasteiger partial charge is 0.223 e. The number of amides is 1. The average molecular weight is 361 g/mol. The van der Waals surface area contributed by atoms with Gasteiger partial charge < -0.3 is 10.1 Å². The predicted molar refractivity (Wildman–Crippen MR) is 97.4 cm³/mol. The van der Waals surface area contributed by atoms with E-state index in [1.165, 1.54) is 6.26 Å². The van der Waals surface area contributed by atoms with Crippen LogP contribution in [0.15, 0.2) is 53.4 Å². The fourth-order valence-electron chi connectivity index (χ4n) is 2.37. The third-order valence-corrected chi connectivity index (χ3v) is 4.99. The minimum absolute atomic E-state index is 0.117. The molecule has 0 aromatic heterocycles. The highest BCUT2D eigenvalue weighted by Gasteiger charge is 2.12. The van der Waals surface area contributed by atoms with Gasteiger partial charge in [-0.05, 0) is 43.2 Å². The van der Waals surface area contributed by atoms with Gasteiger partial charge in [-0.3, -0.25) is 4.79 Å². The number of ether oxygens (including phenoxy) is 1. The van der Waals surface area contributed by atoms with Crippen molar-refractivity contribution in [2.75, 3.05) is 12.9 Å². The number of nitrogens with one attached hydrogen (secondary N) is 1. The van der Waals surface area contributed by atoms with Gasteiger partial charge in [0.15, 0.2) is 9.84 Å². The number of hydrogen-bond donors (Lipinski definition) is 1. The summed E-state index contributed by atoms with van der Waals surface area (Å²) in [5, 5.41) is 2.89. The van der Waals surface area contributed by atoms with E-state index in [-0.39, 0.29) is 23.3 Å². The molecule has 5 nitrogen and oxygen atoms in total. The van der Waals surface area contributed by atoms with E-state index in [0.29, 0.717) is 6.61 Å². The van der Waals surface area contributed by atoms with Gasteiger partial charge >= 0.3 is 0 Å². The zero-order chi connectivity index (χ0) is 18.4. The van der Waals surface area contributed by atoms with Gasteiger partial charge in [0.2, 0.25) is 5.91 Å². The maximum Gasteiger partial charge on any atom is 0.223 e. The zero-order valence-electron chi connectivity index (χ0n) is 14.7. The predicted octanol–water partition coefficient (Wildman–Crippen LogP) is 3.04. The van der Waals surface area contributed by atoms with Crippen molar-refractivity contribution < 1.29 is 17.9 Å². The molecule has 0 saturated carbocycles. The third-order valence-electron chi connectivity index (χ3n) is 3.87. The lowest BCUT2D eigenvalue weighted by molar-refractivity contribution is -0.122. The van der Waals surface area contributed by atoms with E-state index in [1.54, 1.807) is 24.3 Å². The Hall–Kier alpha value is -2.34. The molecule has 6 heteroatoms. The van der Waals surface area contributed by atoms with Gasteiger partial charge in [-0.2, -0.15) is 0 Å². The molecule has 0 heterocycles. The second-order valence-corrected chi connectivity index (χ2v) is 8.01. The number of carbonyl (C=O) groups is 1. The van der Waals surface area contributed by atoms with E-state index in [0.717, 1.165) is 16.9 Å². The lowest BCUT2D eigenvalue weighted by Gasteiger charge is -2.15. The Morgan fingerprint density at radius 1 is 1.12 bits per heavy atom. The second kappa shape index (κ2) is 8.16. The molecule has 2 aromatic carbocycles. The van der Waals surface area contributed by atoms with Crippen LogP contribution < -0.4 is 10.1 Å². The van der Waals surface area contributed by atoms with Gasteiger partial charge in [0, 0.05) is 6.26 Å². The zero-order valence-corrected chi connectivity index (χ0v) is 15.5. The van der Waals surface area contributed by atoms with Gasteiger partial charge in [0.05, 0.1) is 24.0 Å². The Balaban J connectivity index is 1.84. The summed E-state index contributed by atoms with van der Waals surface area (Å²) in [6, 6.07) is 14.0. The molecule has 1 N–H and O–H groups in total. The topological polar surface area (TPSA) is 72.5 Å². The molecule has 0 bridgehead atoms. The van der Waals surface area contributed by atoms with E-state index < -0.39 is 9.84 Å². The van der Waals surface area contributed by atoms with Crippen molar-refractivity contribution in [3.63, 3.8) is 0 Å². The van der Waals surface area contributed by atoms with Crippen LogP contribution in [0.2, 0.25) is 0 Å². The van der Waals surface area contributed by atoms with Crippen molar-refractivity contribution in [2.45, 2.75) is 31.2 Å². The molecule has 1 unspecified atom stereocenters. The van der Waals surface area contributed by atoms with Gasteiger partial charge in [0.1, 0.15) is 5.75 Å². The third kappa shape index (κ3) is 5.60. The van der Waals surface area contributed by atoms with Crippen molar-refractivity contribution >= 4 is 15.7 Å². The lowest BCUT2D eigenvalue weighted by Crippen LogP contribution is -2.27. The number of hydrogen-bond acceptors (Lipinski definition) is 4. The molecule has 2 aromatic rings. The molecule has 0 aliphatic heterocycles. The summed E-state index contributed by atoms with van der Waals surface area (Å²) in [6.07, 6.45) is 1.42. The Kier molecular flexibility index (Phi) is 6.20. The second-order valence-electron chi connectivity index (χ2n) is 5.99. The summed E-state index contributed by atoms with van der Waals surface area (Å²) in [5.74, 6) is 0.660. The minimum Gasteiger partial charge on any atom is -0.493 e. The fourth-order valence-corrected chi connectivity index (χ4v) is 3.00. The number of carbonyl (C=O) groups excluding carboxylic acids is 1. The molecule has 0 saturated heterocycles. The van der Waals surface area contributed by atoms with Crippen LogP contribution in [-0.2, 0) is 14.6 Å². The number of rotatable bonds is 7. The van der Waals surface area contributed by atoms with E-state index in [4.69, 9.17) is 4.74 Å². The first kappa shape index (κ1) is 19.0. The standard InChI is InChI=1S/C19H23NO4S/c1-14-6-4-5-7-18(14)24-13-12-19(21)20-15(2)16-8-10-17(11-9-16)25(3,22)23/h4-11,15H,12-13H2,1-3H3,(H,20,21). The number of aryl methyl sites for hydroxylation is 1. The Labute approximate surface area is 148 Å². The average Bonchev–Trinajstić information content (AvgIpc) is 2.56. The van der Waals surface area contributed by atoms with Crippen LogP contribution in [0, 0.1) is 6.92 Å². The molecule has 25 heavy (non-hydrogen) atoms. The molecular formula is C19H23NO4S. The summed E-state index contributed by atoms with van der Waals surface area (Å²) in [5.41, 5.74) is 1.88. The van der Waals surface area contributed by atoms with Crippen LogP contribution in [0.1, 0.15) is 30.5 Å². The SMILES string of the molecule is Cc1ccccc1OCCC(=O)NC(C)c1ccc(S(C)(=O)=O)cc1. The van der Waals surface area contributed by atoms with Gasteiger partial charge in [0.25, 0.3) is 0 Å². The normalized spacial score (nSPS) is 12.4. The summed E-state index contributed by atoms with van der Waals surface area (Å²) in [4.78, 5) is 12.3. The maximum absolute atomic E-state index is 12.0. The summed E-state index contributed by atoms with van der Waals surface area (Å²) >= 11 is 0. The van der Waals surface area contributed by atoms with Gasteiger partial charge in [-0.15, -0.1) is 0 Å². The highest BCUT2D eigenvalue weighted by atomic mass is 32.2. The van der Waals surface area contributed by atoms with Gasteiger partial charge in [-0.1, -0.05) is 30.3 Å². The van der Waals surface area contributed by atoms with Crippen LogP contribution in [0.4, 0.5) is 0 Å². The molecule has 0 fully saturated rings. The van der Waals surface area contributed by atoms with E-state index >= 15 is 0 Å².